The number of nitrogens with zero attached hydrogens (tertiary/aromatic N) is 3. The Kier molecular flexibility index (Phi) is 5.76. The van der Waals surface area contributed by atoms with Crippen LogP contribution in [-0.4, -0.2) is 43.1 Å². The van der Waals surface area contributed by atoms with E-state index < -0.39 is 0 Å². The molecule has 2 N–H and O–H groups in total. The van der Waals surface area contributed by atoms with Gasteiger partial charge >= 0.3 is 0 Å². The van der Waals surface area contributed by atoms with Crippen LogP contribution in [0.15, 0.2) is 30.3 Å². The Balaban J connectivity index is 1.85. The van der Waals surface area contributed by atoms with Crippen LogP contribution in [0.2, 0.25) is 5.02 Å². The zero-order chi connectivity index (χ0) is 16.8. The predicted octanol–water partition coefficient (Wildman–Crippen LogP) is 2.35. The van der Waals surface area contributed by atoms with Crippen LogP contribution in [0.25, 0.3) is 0 Å². The van der Waals surface area contributed by atoms with Crippen molar-refractivity contribution in [1.82, 2.24) is 15.3 Å². The van der Waals surface area contributed by atoms with Crippen LogP contribution in [0, 0.1) is 6.92 Å². The summed E-state index contributed by atoms with van der Waals surface area (Å²) < 4.78 is 0. The van der Waals surface area contributed by atoms with Gasteiger partial charge in [0.2, 0.25) is 0 Å². The van der Waals surface area contributed by atoms with E-state index in [1.54, 1.807) is 24.3 Å². The smallest absolute Gasteiger partial charge is 0.251 e. The molecular formula is C16H20ClN5O. The third kappa shape index (κ3) is 5.10. The molecule has 0 atom stereocenters. The van der Waals surface area contributed by atoms with Gasteiger partial charge < -0.3 is 15.5 Å². The highest BCUT2D eigenvalue weighted by molar-refractivity contribution is 6.30. The van der Waals surface area contributed by atoms with Gasteiger partial charge in [-0.25, -0.2) is 9.97 Å². The normalized spacial score (nSPS) is 10.3. The summed E-state index contributed by atoms with van der Waals surface area (Å²) in [6, 6.07) is 8.72. The van der Waals surface area contributed by atoms with Crippen molar-refractivity contribution in [1.29, 1.82) is 0 Å². The summed E-state index contributed by atoms with van der Waals surface area (Å²) in [6.45, 7) is 2.89. The predicted molar refractivity (Wildman–Crippen MR) is 93.4 cm³/mol. The first-order chi connectivity index (χ1) is 11.0. The fourth-order valence-electron chi connectivity index (χ4n) is 1.97. The van der Waals surface area contributed by atoms with Crippen molar-refractivity contribution < 1.29 is 4.79 Å². The first kappa shape index (κ1) is 17.0. The van der Waals surface area contributed by atoms with Gasteiger partial charge in [0.05, 0.1) is 0 Å². The van der Waals surface area contributed by atoms with E-state index in [0.717, 1.165) is 11.6 Å². The number of rotatable bonds is 6. The van der Waals surface area contributed by atoms with Crippen LogP contribution in [0.3, 0.4) is 0 Å². The van der Waals surface area contributed by atoms with Gasteiger partial charge in [0, 0.05) is 43.8 Å². The minimum absolute atomic E-state index is 0.151. The SMILES string of the molecule is Cc1nc(NCCNC(=O)c2cccc(Cl)c2)cc(N(C)C)n1. The molecule has 2 aromatic rings. The third-order valence-corrected chi connectivity index (χ3v) is 3.32. The van der Waals surface area contributed by atoms with Gasteiger partial charge in [-0.3, -0.25) is 4.79 Å². The lowest BCUT2D eigenvalue weighted by atomic mass is 10.2. The molecule has 1 aromatic heterocycles. The highest BCUT2D eigenvalue weighted by Crippen LogP contribution is 2.13. The van der Waals surface area contributed by atoms with Crippen molar-refractivity contribution in [3.8, 4) is 0 Å². The Morgan fingerprint density at radius 1 is 1.22 bits per heavy atom. The molecule has 23 heavy (non-hydrogen) atoms. The van der Waals surface area contributed by atoms with Crippen molar-refractivity contribution in [3.05, 3.63) is 46.7 Å². The largest absolute Gasteiger partial charge is 0.368 e. The first-order valence-electron chi connectivity index (χ1n) is 7.26. The molecule has 7 heteroatoms. The number of carbonyl (C=O) groups is 1. The molecule has 2 rings (SSSR count). The number of aryl methyl sites for hydroxylation is 1. The quantitative estimate of drug-likeness (QED) is 0.794. The first-order valence-corrected chi connectivity index (χ1v) is 7.64. The number of hydrogen-bond acceptors (Lipinski definition) is 5. The van der Waals surface area contributed by atoms with Crippen LogP contribution in [0.4, 0.5) is 11.6 Å². The van der Waals surface area contributed by atoms with E-state index in [1.807, 2.05) is 32.0 Å². The molecule has 0 aliphatic rings. The second-order valence-corrected chi connectivity index (χ2v) is 5.68. The fourth-order valence-corrected chi connectivity index (χ4v) is 2.16. The second-order valence-electron chi connectivity index (χ2n) is 5.25. The molecule has 0 spiro atoms. The van der Waals surface area contributed by atoms with Crippen LogP contribution >= 0.6 is 11.6 Å². The summed E-state index contributed by atoms with van der Waals surface area (Å²) >= 11 is 5.87. The monoisotopic (exact) mass is 333 g/mol. The number of benzene rings is 1. The molecule has 0 aliphatic carbocycles. The van der Waals surface area contributed by atoms with Crippen LogP contribution in [-0.2, 0) is 0 Å². The molecule has 0 bridgehead atoms. The van der Waals surface area contributed by atoms with Gasteiger partial charge in [-0.05, 0) is 25.1 Å². The van der Waals surface area contributed by atoms with E-state index in [9.17, 15) is 4.79 Å². The maximum Gasteiger partial charge on any atom is 0.251 e. The highest BCUT2D eigenvalue weighted by atomic mass is 35.5. The molecule has 122 valence electrons. The van der Waals surface area contributed by atoms with E-state index in [-0.39, 0.29) is 5.91 Å². The topological polar surface area (TPSA) is 70.2 Å². The summed E-state index contributed by atoms with van der Waals surface area (Å²) in [6.07, 6.45) is 0. The van der Waals surface area contributed by atoms with E-state index in [2.05, 4.69) is 20.6 Å². The number of anilines is 2. The number of aromatic nitrogens is 2. The van der Waals surface area contributed by atoms with E-state index in [4.69, 9.17) is 11.6 Å². The lowest BCUT2D eigenvalue weighted by Crippen LogP contribution is -2.29. The lowest BCUT2D eigenvalue weighted by molar-refractivity contribution is 0.0955. The minimum Gasteiger partial charge on any atom is -0.368 e. The van der Waals surface area contributed by atoms with Gasteiger partial charge in [-0.2, -0.15) is 0 Å². The number of amides is 1. The number of hydrogen-bond donors (Lipinski definition) is 2. The Morgan fingerprint density at radius 2 is 2.00 bits per heavy atom. The lowest BCUT2D eigenvalue weighted by Gasteiger charge is -2.14. The van der Waals surface area contributed by atoms with Crippen molar-refractivity contribution >= 4 is 29.1 Å². The summed E-state index contributed by atoms with van der Waals surface area (Å²) in [4.78, 5) is 22.5. The molecule has 6 nitrogen and oxygen atoms in total. The average molecular weight is 334 g/mol. The standard InChI is InChI=1S/C16H20ClN5O/c1-11-20-14(10-15(21-11)22(2)3)18-7-8-19-16(23)12-5-4-6-13(17)9-12/h4-6,9-10H,7-8H2,1-3H3,(H,19,23)(H,18,20,21). The maximum atomic E-state index is 12.0. The molecule has 1 aromatic carbocycles. The molecule has 0 saturated carbocycles. The van der Waals surface area contributed by atoms with Gasteiger partial charge in [0.15, 0.2) is 0 Å². The second kappa shape index (κ2) is 7.78. The Labute approximate surface area is 140 Å². The molecule has 0 fully saturated rings. The zero-order valence-corrected chi connectivity index (χ0v) is 14.2. The molecule has 0 saturated heterocycles. The molecule has 1 amide bonds. The highest BCUT2D eigenvalue weighted by Gasteiger charge is 2.06. The van der Waals surface area contributed by atoms with Gasteiger partial charge in [0.25, 0.3) is 5.91 Å². The molecule has 0 unspecified atom stereocenters. The minimum atomic E-state index is -0.151. The number of nitrogens with one attached hydrogen (secondary N) is 2. The average Bonchev–Trinajstić information content (AvgIpc) is 2.50. The van der Waals surface area contributed by atoms with E-state index >= 15 is 0 Å². The summed E-state index contributed by atoms with van der Waals surface area (Å²) in [5.74, 6) is 2.12. The van der Waals surface area contributed by atoms with Gasteiger partial charge in [-0.15, -0.1) is 0 Å². The van der Waals surface area contributed by atoms with Crippen LogP contribution in [0.5, 0.6) is 0 Å². The van der Waals surface area contributed by atoms with Crippen molar-refractivity contribution in [2.75, 3.05) is 37.4 Å². The zero-order valence-electron chi connectivity index (χ0n) is 13.4. The summed E-state index contributed by atoms with van der Waals surface area (Å²) in [5.41, 5.74) is 0.547. The summed E-state index contributed by atoms with van der Waals surface area (Å²) in [7, 11) is 3.85. The molecular weight excluding hydrogens is 314 g/mol. The Morgan fingerprint density at radius 3 is 2.70 bits per heavy atom. The van der Waals surface area contributed by atoms with Crippen molar-refractivity contribution in [2.24, 2.45) is 0 Å². The third-order valence-electron chi connectivity index (χ3n) is 3.09. The summed E-state index contributed by atoms with van der Waals surface area (Å²) in [5, 5.41) is 6.56. The molecule has 0 radical (unpaired) electrons. The molecule has 1 heterocycles. The van der Waals surface area contributed by atoms with E-state index in [0.29, 0.717) is 29.5 Å². The van der Waals surface area contributed by atoms with Crippen molar-refractivity contribution in [2.45, 2.75) is 6.92 Å². The van der Waals surface area contributed by atoms with Gasteiger partial charge in [-0.1, -0.05) is 17.7 Å². The van der Waals surface area contributed by atoms with Crippen LogP contribution in [0.1, 0.15) is 16.2 Å². The van der Waals surface area contributed by atoms with Crippen molar-refractivity contribution in [3.63, 3.8) is 0 Å². The van der Waals surface area contributed by atoms with E-state index in [1.165, 1.54) is 0 Å². The fraction of sp³-hybridized carbons (Fsp3) is 0.312. The Hall–Kier alpha value is -2.34. The number of halogens is 1. The molecule has 0 aliphatic heterocycles. The number of carbonyl (C=O) groups excluding carboxylic acids is 1. The van der Waals surface area contributed by atoms with Gasteiger partial charge in [0.1, 0.15) is 17.5 Å². The Bertz CT molecular complexity index is 690. The van der Waals surface area contributed by atoms with Crippen LogP contribution < -0.4 is 15.5 Å². The maximum absolute atomic E-state index is 12.0.